The van der Waals surface area contributed by atoms with Crippen molar-refractivity contribution < 1.29 is 13.3 Å². The molecule has 0 aliphatic carbocycles. The van der Waals surface area contributed by atoms with Gasteiger partial charge in [0.25, 0.3) is 0 Å². The second kappa shape index (κ2) is 7.36. The summed E-state index contributed by atoms with van der Waals surface area (Å²) in [7, 11) is -2.83. The lowest BCUT2D eigenvalue weighted by atomic mass is 9.87. The van der Waals surface area contributed by atoms with Crippen molar-refractivity contribution in [2.45, 2.75) is 47.0 Å². The van der Waals surface area contributed by atoms with E-state index in [4.69, 9.17) is 13.3 Å². The highest BCUT2D eigenvalue weighted by Crippen LogP contribution is 2.24. The zero-order valence-corrected chi connectivity index (χ0v) is 14.7. The maximum Gasteiger partial charge on any atom is 0.537 e. The van der Waals surface area contributed by atoms with Gasteiger partial charge in [0.05, 0.1) is 0 Å². The maximum absolute atomic E-state index is 6.03. The van der Waals surface area contributed by atoms with Crippen LogP contribution in [-0.2, 0) is 18.7 Å². The van der Waals surface area contributed by atoms with Gasteiger partial charge in [-0.15, -0.1) is 0 Å². The average Bonchev–Trinajstić information content (AvgIpc) is 2.38. The summed E-state index contributed by atoms with van der Waals surface area (Å²) >= 11 is 0. The molecule has 1 rings (SSSR count). The Bertz CT molecular complexity index is 395. The fraction of sp³-hybridized carbons (Fsp3) is 0.625. The monoisotopic (exact) mass is 296 g/mol. The molecule has 0 bridgehead atoms. The molecule has 0 unspecified atom stereocenters. The Morgan fingerprint density at radius 1 is 0.850 bits per heavy atom. The van der Waals surface area contributed by atoms with Gasteiger partial charge in [-0.05, 0) is 31.7 Å². The number of hydrogen-bond acceptors (Lipinski definition) is 3. The molecule has 0 heterocycles. The molecular weight excluding hydrogens is 268 g/mol. The van der Waals surface area contributed by atoms with Gasteiger partial charge < -0.3 is 13.3 Å². The van der Waals surface area contributed by atoms with E-state index in [-0.39, 0.29) is 5.41 Å². The van der Waals surface area contributed by atoms with Crippen LogP contribution in [0.3, 0.4) is 0 Å². The van der Waals surface area contributed by atoms with Gasteiger partial charge in [-0.3, -0.25) is 0 Å². The second-order valence-corrected chi connectivity index (χ2v) is 8.17. The predicted octanol–water partition coefficient (Wildman–Crippen LogP) is 3.24. The Morgan fingerprint density at radius 3 is 1.70 bits per heavy atom. The Kier molecular flexibility index (Phi) is 6.39. The first-order chi connectivity index (χ1) is 9.41. The first-order valence-corrected chi connectivity index (χ1v) is 9.15. The molecule has 0 amide bonds. The Balaban J connectivity index is 3.39. The smallest absolute Gasteiger partial charge is 0.370 e. The van der Waals surface area contributed by atoms with Crippen LogP contribution in [0.15, 0.2) is 24.3 Å². The highest BCUT2D eigenvalue weighted by molar-refractivity contribution is 6.75. The summed E-state index contributed by atoms with van der Waals surface area (Å²) in [4.78, 5) is 0. The van der Waals surface area contributed by atoms with E-state index in [2.05, 4.69) is 39.0 Å². The van der Waals surface area contributed by atoms with Crippen LogP contribution in [0.5, 0.6) is 0 Å². The molecule has 114 valence electrons. The van der Waals surface area contributed by atoms with Gasteiger partial charge in [-0.25, -0.2) is 0 Å². The summed E-state index contributed by atoms with van der Waals surface area (Å²) in [5.41, 5.74) is 1.27. The van der Waals surface area contributed by atoms with E-state index in [1.54, 1.807) is 0 Å². The summed E-state index contributed by atoms with van der Waals surface area (Å²) in [6.07, 6.45) is 0. The number of hydrogen-bond donors (Lipinski definition) is 0. The minimum Gasteiger partial charge on any atom is -0.370 e. The molecule has 0 saturated heterocycles. The summed E-state index contributed by atoms with van der Waals surface area (Å²) in [5, 5.41) is 1.10. The van der Waals surface area contributed by atoms with Crippen LogP contribution in [0, 0.1) is 0 Å². The van der Waals surface area contributed by atoms with Crippen molar-refractivity contribution in [2.24, 2.45) is 0 Å². The standard InChI is InChI=1S/C16H28O3Si/c1-7-17-20(18-8-2,19-9-3)15-13-11-10-12-14(15)16(4,5)6/h10-13H,7-9H2,1-6H3. The van der Waals surface area contributed by atoms with E-state index in [0.29, 0.717) is 19.8 Å². The molecule has 0 fully saturated rings. The molecule has 0 radical (unpaired) electrons. The van der Waals surface area contributed by atoms with Gasteiger partial charge in [0.15, 0.2) is 0 Å². The third-order valence-electron chi connectivity index (χ3n) is 3.07. The third-order valence-corrected chi connectivity index (χ3v) is 6.17. The first-order valence-electron chi connectivity index (χ1n) is 7.43. The van der Waals surface area contributed by atoms with Crippen LogP contribution in [0.25, 0.3) is 0 Å². The summed E-state index contributed by atoms with van der Waals surface area (Å²) in [6, 6.07) is 8.33. The van der Waals surface area contributed by atoms with Gasteiger partial charge in [-0.2, -0.15) is 0 Å². The van der Waals surface area contributed by atoms with Gasteiger partial charge >= 0.3 is 8.80 Å². The molecule has 0 aromatic heterocycles. The quantitative estimate of drug-likeness (QED) is 0.723. The fourth-order valence-corrected chi connectivity index (χ4v) is 5.28. The largest absolute Gasteiger partial charge is 0.537 e. The van der Waals surface area contributed by atoms with E-state index >= 15 is 0 Å². The lowest BCUT2D eigenvalue weighted by Gasteiger charge is -2.33. The van der Waals surface area contributed by atoms with Crippen LogP contribution in [0.1, 0.15) is 47.1 Å². The molecule has 0 spiro atoms. The Labute approximate surface area is 124 Å². The van der Waals surface area contributed by atoms with Gasteiger partial charge in [-0.1, -0.05) is 45.0 Å². The maximum atomic E-state index is 6.03. The van der Waals surface area contributed by atoms with E-state index in [9.17, 15) is 0 Å². The van der Waals surface area contributed by atoms with Crippen molar-refractivity contribution in [3.05, 3.63) is 29.8 Å². The van der Waals surface area contributed by atoms with E-state index in [1.165, 1.54) is 5.56 Å². The zero-order chi connectivity index (χ0) is 15.2. The summed E-state index contributed by atoms with van der Waals surface area (Å²) in [6.45, 7) is 14.3. The van der Waals surface area contributed by atoms with E-state index < -0.39 is 8.80 Å². The van der Waals surface area contributed by atoms with Crippen LogP contribution in [0.4, 0.5) is 0 Å². The van der Waals surface area contributed by atoms with Crippen molar-refractivity contribution in [1.82, 2.24) is 0 Å². The zero-order valence-electron chi connectivity index (χ0n) is 13.7. The Morgan fingerprint density at radius 2 is 1.30 bits per heavy atom. The van der Waals surface area contributed by atoms with Crippen LogP contribution in [-0.4, -0.2) is 28.6 Å². The highest BCUT2D eigenvalue weighted by Gasteiger charge is 2.46. The van der Waals surface area contributed by atoms with Crippen molar-refractivity contribution in [2.75, 3.05) is 19.8 Å². The molecule has 0 saturated carbocycles. The molecule has 0 atom stereocenters. The highest BCUT2D eigenvalue weighted by atomic mass is 28.4. The summed E-state index contributed by atoms with van der Waals surface area (Å²) < 4.78 is 18.1. The third kappa shape index (κ3) is 3.91. The first kappa shape index (κ1) is 17.4. The molecule has 20 heavy (non-hydrogen) atoms. The molecule has 3 nitrogen and oxygen atoms in total. The average molecular weight is 296 g/mol. The normalized spacial score (nSPS) is 12.7. The van der Waals surface area contributed by atoms with E-state index in [0.717, 1.165) is 5.19 Å². The van der Waals surface area contributed by atoms with Crippen LogP contribution < -0.4 is 5.19 Å². The molecule has 0 aliphatic rings. The molecule has 0 N–H and O–H groups in total. The van der Waals surface area contributed by atoms with Crippen LogP contribution in [0.2, 0.25) is 0 Å². The fourth-order valence-electron chi connectivity index (χ4n) is 2.33. The molecule has 0 aliphatic heterocycles. The van der Waals surface area contributed by atoms with Crippen molar-refractivity contribution in [3.8, 4) is 0 Å². The van der Waals surface area contributed by atoms with Gasteiger partial charge in [0, 0.05) is 25.0 Å². The van der Waals surface area contributed by atoms with Gasteiger partial charge in [0.1, 0.15) is 0 Å². The minimum atomic E-state index is -2.83. The molecule has 1 aromatic carbocycles. The lowest BCUT2D eigenvalue weighted by Crippen LogP contribution is -2.59. The predicted molar refractivity (Wildman–Crippen MR) is 85.4 cm³/mol. The molecule has 4 heteroatoms. The van der Waals surface area contributed by atoms with Crippen molar-refractivity contribution in [1.29, 1.82) is 0 Å². The molecular formula is C16H28O3Si. The summed E-state index contributed by atoms with van der Waals surface area (Å²) in [5.74, 6) is 0. The Hall–Kier alpha value is -0.683. The van der Waals surface area contributed by atoms with Crippen molar-refractivity contribution >= 4 is 14.0 Å². The SMILES string of the molecule is CCO[Si](OCC)(OCC)c1ccccc1C(C)(C)C. The van der Waals surface area contributed by atoms with Crippen molar-refractivity contribution in [3.63, 3.8) is 0 Å². The topological polar surface area (TPSA) is 27.7 Å². The number of rotatable bonds is 7. The van der Waals surface area contributed by atoms with E-state index in [1.807, 2.05) is 26.8 Å². The van der Waals surface area contributed by atoms with Crippen LogP contribution >= 0.6 is 0 Å². The van der Waals surface area contributed by atoms with Gasteiger partial charge in [0.2, 0.25) is 0 Å². The number of benzene rings is 1. The minimum absolute atomic E-state index is 0.0279. The molecule has 1 aromatic rings. The second-order valence-electron chi connectivity index (χ2n) is 5.65. The lowest BCUT2D eigenvalue weighted by molar-refractivity contribution is 0.0855.